The lowest BCUT2D eigenvalue weighted by Crippen LogP contribution is -2.16. The lowest BCUT2D eigenvalue weighted by Gasteiger charge is -2.07. The highest BCUT2D eigenvalue weighted by molar-refractivity contribution is 6.37. The van der Waals surface area contributed by atoms with Gasteiger partial charge in [0.25, 0.3) is 0 Å². The molecule has 1 rings (SSSR count). The lowest BCUT2D eigenvalue weighted by atomic mass is 10.4. The van der Waals surface area contributed by atoms with Gasteiger partial charge in [0.1, 0.15) is 11.6 Å². The molecule has 0 radical (unpaired) electrons. The summed E-state index contributed by atoms with van der Waals surface area (Å²) in [6, 6.07) is 1.48. The van der Waals surface area contributed by atoms with Crippen molar-refractivity contribution in [3.8, 4) is 0 Å². The number of carbonyl (C=O) groups excluding carboxylic acids is 1. The van der Waals surface area contributed by atoms with Gasteiger partial charge in [-0.25, -0.2) is 4.98 Å². The van der Waals surface area contributed by atoms with Crippen LogP contribution in [0, 0.1) is 0 Å². The molecular formula is C8H10Cl2N4O. The molecule has 15 heavy (non-hydrogen) atoms. The third-order valence-corrected chi connectivity index (χ3v) is 2.21. The van der Waals surface area contributed by atoms with E-state index >= 15 is 0 Å². The number of aromatic nitrogens is 1. The van der Waals surface area contributed by atoms with Gasteiger partial charge < -0.3 is 16.8 Å². The molecule has 0 aliphatic heterocycles. The smallest absolute Gasteiger partial charge is 0.219 e. The molecule has 0 bridgehead atoms. The van der Waals surface area contributed by atoms with E-state index in [1.165, 1.54) is 6.07 Å². The number of nitrogens with zero attached hydrogens (tertiary/aromatic N) is 1. The van der Waals surface area contributed by atoms with Gasteiger partial charge in [-0.2, -0.15) is 0 Å². The van der Waals surface area contributed by atoms with Crippen LogP contribution in [0.2, 0.25) is 10.0 Å². The molecule has 0 saturated heterocycles. The summed E-state index contributed by atoms with van der Waals surface area (Å²) >= 11 is 11.5. The first-order valence-electron chi connectivity index (χ1n) is 4.14. The van der Waals surface area contributed by atoms with Crippen LogP contribution in [0.15, 0.2) is 6.07 Å². The Hall–Kier alpha value is -1.20. The second-order valence-electron chi connectivity index (χ2n) is 2.83. The van der Waals surface area contributed by atoms with Gasteiger partial charge in [0, 0.05) is 13.0 Å². The van der Waals surface area contributed by atoms with Crippen LogP contribution < -0.4 is 16.8 Å². The number of halogens is 2. The number of hydrogen-bond acceptors (Lipinski definition) is 4. The molecule has 1 aromatic heterocycles. The van der Waals surface area contributed by atoms with E-state index in [-0.39, 0.29) is 12.2 Å². The van der Waals surface area contributed by atoms with Crippen LogP contribution in [0.3, 0.4) is 0 Å². The fourth-order valence-corrected chi connectivity index (χ4v) is 1.33. The van der Waals surface area contributed by atoms with Gasteiger partial charge in [-0.1, -0.05) is 23.2 Å². The third kappa shape index (κ3) is 3.45. The number of nitrogen functional groups attached to an aromatic ring is 1. The number of rotatable bonds is 4. The molecule has 82 valence electrons. The molecule has 0 aliphatic rings. The van der Waals surface area contributed by atoms with E-state index in [4.69, 9.17) is 34.7 Å². The molecular weight excluding hydrogens is 239 g/mol. The summed E-state index contributed by atoms with van der Waals surface area (Å²) in [7, 11) is 0. The zero-order valence-corrected chi connectivity index (χ0v) is 9.27. The summed E-state index contributed by atoms with van der Waals surface area (Å²) in [5, 5.41) is 3.47. The van der Waals surface area contributed by atoms with Gasteiger partial charge in [-0.3, -0.25) is 4.79 Å². The number of nitrogens with two attached hydrogens (primary N) is 2. The van der Waals surface area contributed by atoms with Crippen LogP contribution in [0.4, 0.5) is 11.6 Å². The summed E-state index contributed by atoms with van der Waals surface area (Å²) in [6.07, 6.45) is 0.195. The van der Waals surface area contributed by atoms with Crippen molar-refractivity contribution in [2.45, 2.75) is 6.42 Å². The molecule has 0 unspecified atom stereocenters. The van der Waals surface area contributed by atoms with E-state index < -0.39 is 5.91 Å². The Morgan fingerprint density at radius 1 is 1.47 bits per heavy atom. The Morgan fingerprint density at radius 3 is 2.73 bits per heavy atom. The second kappa shape index (κ2) is 5.04. The van der Waals surface area contributed by atoms with Crippen molar-refractivity contribution in [3.05, 3.63) is 16.1 Å². The molecule has 1 amide bonds. The van der Waals surface area contributed by atoms with Crippen molar-refractivity contribution < 1.29 is 4.79 Å². The van der Waals surface area contributed by atoms with Crippen LogP contribution in [0.1, 0.15) is 6.42 Å². The number of hydrogen-bond donors (Lipinski definition) is 3. The first-order valence-corrected chi connectivity index (χ1v) is 4.90. The maximum absolute atomic E-state index is 10.5. The highest BCUT2D eigenvalue weighted by Gasteiger charge is 2.06. The van der Waals surface area contributed by atoms with E-state index in [9.17, 15) is 4.79 Å². The number of pyridine rings is 1. The van der Waals surface area contributed by atoms with Gasteiger partial charge in [-0.05, 0) is 6.07 Å². The van der Waals surface area contributed by atoms with E-state index in [2.05, 4.69) is 10.3 Å². The van der Waals surface area contributed by atoms with Crippen LogP contribution in [0.5, 0.6) is 0 Å². The maximum Gasteiger partial charge on any atom is 0.219 e. The van der Waals surface area contributed by atoms with E-state index in [1.54, 1.807) is 0 Å². The predicted molar refractivity (Wildman–Crippen MR) is 61.0 cm³/mol. The monoisotopic (exact) mass is 248 g/mol. The van der Waals surface area contributed by atoms with E-state index in [0.29, 0.717) is 22.4 Å². The minimum absolute atomic E-state index is 0.183. The van der Waals surface area contributed by atoms with Crippen molar-refractivity contribution in [2.24, 2.45) is 5.73 Å². The third-order valence-electron chi connectivity index (χ3n) is 1.62. The Labute approximate surface area is 96.7 Å². The van der Waals surface area contributed by atoms with Crippen LogP contribution >= 0.6 is 23.2 Å². The van der Waals surface area contributed by atoms with Crippen molar-refractivity contribution in [1.82, 2.24) is 4.98 Å². The van der Waals surface area contributed by atoms with E-state index in [0.717, 1.165) is 0 Å². The molecule has 5 nitrogen and oxygen atoms in total. The lowest BCUT2D eigenvalue weighted by molar-refractivity contribution is -0.117. The minimum Gasteiger partial charge on any atom is -0.382 e. The summed E-state index contributed by atoms with van der Waals surface area (Å²) in [6.45, 7) is 0.350. The summed E-state index contributed by atoms with van der Waals surface area (Å²) in [4.78, 5) is 14.4. The normalized spacial score (nSPS) is 10.0. The Morgan fingerprint density at radius 2 is 2.13 bits per heavy atom. The number of nitrogens with one attached hydrogen (secondary N) is 1. The number of primary amides is 1. The van der Waals surface area contributed by atoms with E-state index in [1.807, 2.05) is 0 Å². The predicted octanol–water partition coefficient (Wildman–Crippen LogP) is 1.26. The van der Waals surface area contributed by atoms with Crippen molar-refractivity contribution in [2.75, 3.05) is 17.6 Å². The van der Waals surface area contributed by atoms with Crippen molar-refractivity contribution >= 4 is 40.7 Å². The van der Waals surface area contributed by atoms with Crippen molar-refractivity contribution in [3.63, 3.8) is 0 Å². The highest BCUT2D eigenvalue weighted by atomic mass is 35.5. The quantitative estimate of drug-likeness (QED) is 0.748. The molecule has 0 atom stereocenters. The number of carbonyl (C=O) groups is 1. The van der Waals surface area contributed by atoms with Gasteiger partial charge in [0.15, 0.2) is 0 Å². The van der Waals surface area contributed by atoms with Gasteiger partial charge >= 0.3 is 0 Å². The topological polar surface area (TPSA) is 94.0 Å². The first-order chi connectivity index (χ1) is 7.00. The Kier molecular flexibility index (Phi) is 3.99. The summed E-state index contributed by atoms with van der Waals surface area (Å²) < 4.78 is 0. The fourth-order valence-electron chi connectivity index (χ4n) is 0.909. The molecule has 1 aromatic rings. The Balaban J connectivity index is 2.69. The maximum atomic E-state index is 10.5. The largest absolute Gasteiger partial charge is 0.382 e. The molecule has 0 fully saturated rings. The first kappa shape index (κ1) is 11.9. The number of anilines is 2. The fraction of sp³-hybridized carbons (Fsp3) is 0.250. The SMILES string of the molecule is NC(=O)CCNc1nc(N)c(Cl)cc1Cl. The zero-order valence-electron chi connectivity index (χ0n) is 7.76. The zero-order chi connectivity index (χ0) is 11.4. The summed E-state index contributed by atoms with van der Waals surface area (Å²) in [5.74, 6) is 0.169. The van der Waals surface area contributed by atoms with Crippen LogP contribution in [-0.4, -0.2) is 17.4 Å². The van der Waals surface area contributed by atoms with Crippen LogP contribution in [-0.2, 0) is 4.79 Å². The molecule has 0 aliphatic carbocycles. The van der Waals surface area contributed by atoms with Gasteiger partial charge in [0.05, 0.1) is 10.0 Å². The minimum atomic E-state index is -0.402. The second-order valence-corrected chi connectivity index (χ2v) is 3.64. The average molecular weight is 249 g/mol. The molecule has 0 spiro atoms. The highest BCUT2D eigenvalue weighted by Crippen LogP contribution is 2.27. The standard InChI is InChI=1S/C8H10Cl2N4O/c9-4-3-5(10)8(14-7(4)12)13-2-1-6(11)15/h3H,1-2H2,(H2,11,15)(H3,12,13,14). The molecule has 0 saturated carbocycles. The molecule has 1 heterocycles. The Bertz CT molecular complexity index is 383. The van der Waals surface area contributed by atoms with Gasteiger partial charge in [0.2, 0.25) is 5.91 Å². The average Bonchev–Trinajstić information content (AvgIpc) is 2.13. The molecule has 7 heteroatoms. The molecule has 0 aromatic carbocycles. The van der Waals surface area contributed by atoms with Gasteiger partial charge in [-0.15, -0.1) is 0 Å². The van der Waals surface area contributed by atoms with Crippen LogP contribution in [0.25, 0.3) is 0 Å². The summed E-state index contributed by atoms with van der Waals surface area (Å²) in [5.41, 5.74) is 10.5. The number of amides is 1. The van der Waals surface area contributed by atoms with Crippen molar-refractivity contribution in [1.29, 1.82) is 0 Å². The molecule has 5 N–H and O–H groups in total.